The molecular formula is C15H25NO2S. The molecule has 0 aromatic carbocycles. The first-order valence-electron chi connectivity index (χ1n) is 7.32. The van der Waals surface area contributed by atoms with Crippen molar-refractivity contribution >= 4 is 11.3 Å². The lowest BCUT2D eigenvalue weighted by Gasteiger charge is -2.24. The molecule has 1 aromatic heterocycles. The minimum Gasteiger partial charge on any atom is -0.389 e. The van der Waals surface area contributed by atoms with E-state index in [1.165, 1.54) is 24.1 Å². The lowest BCUT2D eigenvalue weighted by atomic mass is 9.98. The largest absolute Gasteiger partial charge is 0.389 e. The van der Waals surface area contributed by atoms with Gasteiger partial charge < -0.3 is 15.2 Å². The molecule has 2 N–H and O–H groups in total. The van der Waals surface area contributed by atoms with E-state index in [4.69, 9.17) is 4.74 Å². The summed E-state index contributed by atoms with van der Waals surface area (Å²) in [5, 5.41) is 15.4. The molecule has 3 nitrogen and oxygen atoms in total. The lowest BCUT2D eigenvalue weighted by Crippen LogP contribution is -2.33. The van der Waals surface area contributed by atoms with Gasteiger partial charge in [-0.2, -0.15) is 0 Å². The van der Waals surface area contributed by atoms with Crippen LogP contribution < -0.4 is 5.32 Å². The summed E-state index contributed by atoms with van der Waals surface area (Å²) in [7, 11) is 0. The summed E-state index contributed by atoms with van der Waals surface area (Å²) in [4.78, 5) is 1.31. The minimum atomic E-state index is -0.413. The summed E-state index contributed by atoms with van der Waals surface area (Å²) in [6, 6.07) is 4.47. The van der Waals surface area contributed by atoms with E-state index in [9.17, 15) is 5.11 Å². The van der Waals surface area contributed by atoms with Crippen molar-refractivity contribution < 1.29 is 9.84 Å². The van der Waals surface area contributed by atoms with E-state index in [1.54, 1.807) is 11.3 Å². The highest BCUT2D eigenvalue weighted by Crippen LogP contribution is 2.20. The van der Waals surface area contributed by atoms with Crippen molar-refractivity contribution in [2.45, 2.75) is 57.3 Å². The fourth-order valence-electron chi connectivity index (χ4n) is 2.49. The van der Waals surface area contributed by atoms with Crippen LogP contribution in [0.2, 0.25) is 0 Å². The van der Waals surface area contributed by atoms with Crippen molar-refractivity contribution in [3.05, 3.63) is 22.4 Å². The number of rotatable bonds is 7. The Labute approximate surface area is 120 Å². The standard InChI is InChI=1S/C15H25NO2S/c1-12(15-8-5-9-19-15)16-10-13(17)11-18-14-6-3-2-4-7-14/h5,8-9,12-14,16-17H,2-4,6-7,10-11H2,1H3/t12-,13?/m1/s1. The van der Waals surface area contributed by atoms with Gasteiger partial charge in [-0.25, -0.2) is 0 Å². The Kier molecular flexibility index (Phi) is 6.31. The van der Waals surface area contributed by atoms with Crippen molar-refractivity contribution in [2.75, 3.05) is 13.2 Å². The second-order valence-electron chi connectivity index (χ2n) is 5.39. The van der Waals surface area contributed by atoms with E-state index in [-0.39, 0.29) is 0 Å². The van der Waals surface area contributed by atoms with Crippen molar-refractivity contribution in [3.8, 4) is 0 Å². The molecule has 108 valence electrons. The monoisotopic (exact) mass is 283 g/mol. The Morgan fingerprint density at radius 2 is 2.21 bits per heavy atom. The normalized spacial score (nSPS) is 20.3. The van der Waals surface area contributed by atoms with Crippen LogP contribution in [0.1, 0.15) is 49.9 Å². The second-order valence-corrected chi connectivity index (χ2v) is 6.37. The number of hydrogen-bond donors (Lipinski definition) is 2. The van der Waals surface area contributed by atoms with Crippen molar-refractivity contribution in [1.29, 1.82) is 0 Å². The fourth-order valence-corrected chi connectivity index (χ4v) is 3.25. The first-order chi connectivity index (χ1) is 9.25. The Hall–Kier alpha value is -0.420. The molecule has 19 heavy (non-hydrogen) atoms. The summed E-state index contributed by atoms with van der Waals surface area (Å²) in [5.41, 5.74) is 0. The topological polar surface area (TPSA) is 41.5 Å². The molecule has 1 fully saturated rings. The zero-order chi connectivity index (χ0) is 13.5. The Balaban J connectivity index is 1.60. The first-order valence-corrected chi connectivity index (χ1v) is 8.20. The van der Waals surface area contributed by atoms with Crippen molar-refractivity contribution in [2.24, 2.45) is 0 Å². The maximum absolute atomic E-state index is 9.94. The van der Waals surface area contributed by atoms with Gasteiger partial charge in [0.2, 0.25) is 0 Å². The quantitative estimate of drug-likeness (QED) is 0.808. The van der Waals surface area contributed by atoms with Crippen LogP contribution in [0, 0.1) is 0 Å². The predicted molar refractivity (Wildman–Crippen MR) is 79.6 cm³/mol. The Bertz CT molecular complexity index is 336. The van der Waals surface area contributed by atoms with Crippen LogP contribution in [-0.4, -0.2) is 30.5 Å². The Morgan fingerprint density at radius 3 is 2.89 bits per heavy atom. The van der Waals surface area contributed by atoms with Gasteiger partial charge in [0.1, 0.15) is 0 Å². The molecule has 0 saturated heterocycles. The van der Waals surface area contributed by atoms with Crippen molar-refractivity contribution in [3.63, 3.8) is 0 Å². The van der Waals surface area contributed by atoms with Crippen LogP contribution >= 0.6 is 11.3 Å². The van der Waals surface area contributed by atoms with Gasteiger partial charge in [0.15, 0.2) is 0 Å². The van der Waals surface area contributed by atoms with Gasteiger partial charge in [-0.1, -0.05) is 25.3 Å². The lowest BCUT2D eigenvalue weighted by molar-refractivity contribution is -0.0234. The minimum absolute atomic E-state index is 0.296. The predicted octanol–water partition coefficient (Wildman–Crippen LogP) is 3.11. The van der Waals surface area contributed by atoms with E-state index in [2.05, 4.69) is 29.8 Å². The highest BCUT2D eigenvalue weighted by atomic mass is 32.1. The zero-order valence-electron chi connectivity index (χ0n) is 11.7. The van der Waals surface area contributed by atoms with E-state index in [0.29, 0.717) is 25.3 Å². The Morgan fingerprint density at radius 1 is 1.42 bits per heavy atom. The van der Waals surface area contributed by atoms with Gasteiger partial charge in [-0.05, 0) is 31.2 Å². The number of hydrogen-bond acceptors (Lipinski definition) is 4. The molecule has 0 spiro atoms. The molecule has 1 aromatic rings. The molecule has 0 radical (unpaired) electrons. The van der Waals surface area contributed by atoms with Crippen LogP contribution in [-0.2, 0) is 4.74 Å². The highest BCUT2D eigenvalue weighted by molar-refractivity contribution is 7.10. The van der Waals surface area contributed by atoms with Crippen molar-refractivity contribution in [1.82, 2.24) is 5.32 Å². The summed E-state index contributed by atoms with van der Waals surface area (Å²) >= 11 is 1.74. The third-order valence-corrected chi connectivity index (χ3v) is 4.76. The zero-order valence-corrected chi connectivity index (χ0v) is 12.5. The van der Waals surface area contributed by atoms with Crippen LogP contribution in [0.25, 0.3) is 0 Å². The van der Waals surface area contributed by atoms with E-state index < -0.39 is 6.10 Å². The molecule has 0 aliphatic heterocycles. The molecular weight excluding hydrogens is 258 g/mol. The van der Waals surface area contributed by atoms with Gasteiger partial charge >= 0.3 is 0 Å². The molecule has 2 atom stereocenters. The summed E-state index contributed by atoms with van der Waals surface area (Å²) in [6.07, 6.45) is 6.16. The van der Waals surface area contributed by atoms with Gasteiger partial charge in [-0.15, -0.1) is 11.3 Å². The maximum Gasteiger partial charge on any atom is 0.0898 e. The number of nitrogens with one attached hydrogen (secondary N) is 1. The molecule has 0 amide bonds. The van der Waals surface area contributed by atoms with Gasteiger partial charge in [0.25, 0.3) is 0 Å². The van der Waals surface area contributed by atoms with E-state index in [0.717, 1.165) is 12.8 Å². The molecule has 1 aliphatic carbocycles. The number of ether oxygens (including phenoxy) is 1. The molecule has 4 heteroatoms. The van der Waals surface area contributed by atoms with Crippen LogP contribution in [0.5, 0.6) is 0 Å². The maximum atomic E-state index is 9.94. The average molecular weight is 283 g/mol. The number of aliphatic hydroxyl groups excluding tert-OH is 1. The van der Waals surface area contributed by atoms with Gasteiger partial charge in [0.05, 0.1) is 18.8 Å². The van der Waals surface area contributed by atoms with Crippen LogP contribution in [0.4, 0.5) is 0 Å². The molecule has 1 aliphatic rings. The molecule has 1 unspecified atom stereocenters. The summed E-state index contributed by atoms with van der Waals surface area (Å²) in [5.74, 6) is 0. The molecule has 0 bridgehead atoms. The molecule has 2 rings (SSSR count). The van der Waals surface area contributed by atoms with Gasteiger partial charge in [-0.3, -0.25) is 0 Å². The number of thiophene rings is 1. The SMILES string of the molecule is C[C@@H](NCC(O)COC1CCCCC1)c1cccs1. The third kappa shape index (κ3) is 5.22. The summed E-state index contributed by atoms with van der Waals surface area (Å²) in [6.45, 7) is 3.17. The molecule has 1 saturated carbocycles. The molecule has 1 heterocycles. The van der Waals surface area contributed by atoms with Crippen LogP contribution in [0.15, 0.2) is 17.5 Å². The van der Waals surface area contributed by atoms with Gasteiger partial charge in [0, 0.05) is 17.5 Å². The van der Waals surface area contributed by atoms with E-state index >= 15 is 0 Å². The smallest absolute Gasteiger partial charge is 0.0898 e. The van der Waals surface area contributed by atoms with E-state index in [1.807, 2.05) is 0 Å². The first kappa shape index (κ1) is 15.0. The average Bonchev–Trinajstić information content (AvgIpc) is 2.98. The second kappa shape index (κ2) is 8.00. The fraction of sp³-hybridized carbons (Fsp3) is 0.733. The summed E-state index contributed by atoms with van der Waals surface area (Å²) < 4.78 is 5.78. The highest BCUT2D eigenvalue weighted by Gasteiger charge is 2.16. The number of aliphatic hydroxyl groups is 1. The van der Waals surface area contributed by atoms with Crippen LogP contribution in [0.3, 0.4) is 0 Å². The third-order valence-electron chi connectivity index (χ3n) is 3.71.